The summed E-state index contributed by atoms with van der Waals surface area (Å²) in [5.41, 5.74) is 0.336. The van der Waals surface area contributed by atoms with Gasteiger partial charge in [0.05, 0.1) is 0 Å². The van der Waals surface area contributed by atoms with Crippen LogP contribution >= 0.6 is 11.3 Å². The molecule has 2 unspecified atom stereocenters. The minimum absolute atomic E-state index is 0.336. The first-order valence-corrected chi connectivity index (χ1v) is 7.88. The number of hydrogen-bond donors (Lipinski definition) is 1. The summed E-state index contributed by atoms with van der Waals surface area (Å²) >= 11 is 1.88. The highest BCUT2D eigenvalue weighted by atomic mass is 32.1. The molecule has 0 aromatic carbocycles. The first kappa shape index (κ1) is 14.0. The van der Waals surface area contributed by atoms with Crippen molar-refractivity contribution in [3.05, 3.63) is 22.4 Å². The summed E-state index contributed by atoms with van der Waals surface area (Å²) in [4.78, 5) is 4.16. The van der Waals surface area contributed by atoms with Crippen LogP contribution < -0.4 is 5.32 Å². The molecule has 0 radical (unpaired) electrons. The lowest BCUT2D eigenvalue weighted by molar-refractivity contribution is 0.0493. The standard InChI is InChI=1S/C15H26N2S/c1-5-12-10-17(11-13-7-6-8-18-13)14(9-16-12)15(2,3)4/h6-8,12,14,16H,5,9-11H2,1-4H3. The minimum Gasteiger partial charge on any atom is -0.311 e. The van der Waals surface area contributed by atoms with E-state index >= 15 is 0 Å². The van der Waals surface area contributed by atoms with E-state index in [2.05, 4.69) is 55.4 Å². The van der Waals surface area contributed by atoms with E-state index in [1.54, 1.807) is 0 Å². The molecule has 0 spiro atoms. The van der Waals surface area contributed by atoms with Crippen molar-refractivity contribution in [3.8, 4) is 0 Å². The van der Waals surface area contributed by atoms with E-state index < -0.39 is 0 Å². The molecule has 1 aromatic rings. The topological polar surface area (TPSA) is 15.3 Å². The first-order chi connectivity index (χ1) is 8.50. The van der Waals surface area contributed by atoms with Crippen LogP contribution in [-0.2, 0) is 6.54 Å². The fourth-order valence-corrected chi connectivity index (χ4v) is 3.52. The molecule has 1 aliphatic rings. The van der Waals surface area contributed by atoms with Gasteiger partial charge in [-0.3, -0.25) is 4.90 Å². The Labute approximate surface area is 115 Å². The summed E-state index contributed by atoms with van der Waals surface area (Å²) in [6, 6.07) is 5.70. The van der Waals surface area contributed by atoms with E-state index in [9.17, 15) is 0 Å². The van der Waals surface area contributed by atoms with E-state index in [1.807, 2.05) is 11.3 Å². The quantitative estimate of drug-likeness (QED) is 0.902. The molecule has 2 nitrogen and oxygen atoms in total. The van der Waals surface area contributed by atoms with Crippen molar-refractivity contribution < 1.29 is 0 Å². The Morgan fingerprint density at radius 1 is 1.44 bits per heavy atom. The molecule has 0 saturated carbocycles. The molecule has 2 atom stereocenters. The number of piperazine rings is 1. The molecule has 0 bridgehead atoms. The third-order valence-corrected chi connectivity index (χ3v) is 4.79. The Hall–Kier alpha value is -0.380. The van der Waals surface area contributed by atoms with Gasteiger partial charge in [0.2, 0.25) is 0 Å². The van der Waals surface area contributed by atoms with Gasteiger partial charge in [0.15, 0.2) is 0 Å². The van der Waals surface area contributed by atoms with E-state index in [4.69, 9.17) is 0 Å². The molecule has 0 amide bonds. The smallest absolute Gasteiger partial charge is 0.0332 e. The van der Waals surface area contributed by atoms with Crippen LogP contribution in [0.5, 0.6) is 0 Å². The van der Waals surface area contributed by atoms with E-state index in [-0.39, 0.29) is 0 Å². The average molecular weight is 266 g/mol. The number of hydrogen-bond acceptors (Lipinski definition) is 3. The molecule has 2 rings (SSSR count). The molecule has 18 heavy (non-hydrogen) atoms. The number of nitrogens with one attached hydrogen (secondary N) is 1. The minimum atomic E-state index is 0.336. The van der Waals surface area contributed by atoms with Crippen molar-refractivity contribution in [1.82, 2.24) is 10.2 Å². The van der Waals surface area contributed by atoms with Gasteiger partial charge in [-0.15, -0.1) is 11.3 Å². The predicted molar refractivity (Wildman–Crippen MR) is 80.1 cm³/mol. The lowest BCUT2D eigenvalue weighted by atomic mass is 9.83. The Morgan fingerprint density at radius 3 is 2.78 bits per heavy atom. The largest absolute Gasteiger partial charge is 0.311 e. The maximum atomic E-state index is 3.70. The highest BCUT2D eigenvalue weighted by Gasteiger charge is 2.34. The Bertz CT molecular complexity index is 353. The van der Waals surface area contributed by atoms with Crippen LogP contribution in [0.3, 0.4) is 0 Å². The molecule has 1 fully saturated rings. The summed E-state index contributed by atoms with van der Waals surface area (Å²) in [5, 5.41) is 5.88. The van der Waals surface area contributed by atoms with Crippen LogP contribution in [0.1, 0.15) is 39.0 Å². The van der Waals surface area contributed by atoms with Gasteiger partial charge in [0.1, 0.15) is 0 Å². The van der Waals surface area contributed by atoms with Gasteiger partial charge in [0.25, 0.3) is 0 Å². The maximum absolute atomic E-state index is 3.70. The molecule has 1 N–H and O–H groups in total. The van der Waals surface area contributed by atoms with Crippen LogP contribution in [-0.4, -0.2) is 30.1 Å². The maximum Gasteiger partial charge on any atom is 0.0332 e. The van der Waals surface area contributed by atoms with Gasteiger partial charge in [-0.05, 0) is 23.3 Å². The van der Waals surface area contributed by atoms with E-state index in [0.717, 1.165) is 13.1 Å². The van der Waals surface area contributed by atoms with Crippen LogP contribution in [0, 0.1) is 5.41 Å². The molecule has 102 valence electrons. The van der Waals surface area contributed by atoms with Crippen molar-refractivity contribution in [2.45, 2.75) is 52.7 Å². The van der Waals surface area contributed by atoms with Crippen LogP contribution in [0.25, 0.3) is 0 Å². The van der Waals surface area contributed by atoms with Gasteiger partial charge in [0, 0.05) is 36.6 Å². The molecule has 1 aromatic heterocycles. The molecule has 3 heteroatoms. The highest BCUT2D eigenvalue weighted by Crippen LogP contribution is 2.28. The van der Waals surface area contributed by atoms with Gasteiger partial charge in [-0.1, -0.05) is 33.8 Å². The third kappa shape index (κ3) is 3.34. The Kier molecular flexibility index (Phi) is 4.46. The third-order valence-electron chi connectivity index (χ3n) is 3.93. The lowest BCUT2D eigenvalue weighted by Gasteiger charge is -2.46. The summed E-state index contributed by atoms with van der Waals surface area (Å²) in [6.07, 6.45) is 1.22. The predicted octanol–water partition coefficient (Wildman–Crippen LogP) is 3.35. The zero-order valence-electron chi connectivity index (χ0n) is 12.1. The molecule has 0 aliphatic carbocycles. The monoisotopic (exact) mass is 266 g/mol. The SMILES string of the molecule is CCC1CN(Cc2cccs2)C(C(C)(C)C)CN1. The van der Waals surface area contributed by atoms with Crippen molar-refractivity contribution in [3.63, 3.8) is 0 Å². The molecular formula is C15H26N2S. The van der Waals surface area contributed by atoms with Crippen LogP contribution in [0.15, 0.2) is 17.5 Å². The summed E-state index contributed by atoms with van der Waals surface area (Å²) in [5.74, 6) is 0. The van der Waals surface area contributed by atoms with Gasteiger partial charge in [-0.2, -0.15) is 0 Å². The highest BCUT2D eigenvalue weighted by molar-refractivity contribution is 7.09. The Morgan fingerprint density at radius 2 is 2.22 bits per heavy atom. The van der Waals surface area contributed by atoms with Gasteiger partial charge < -0.3 is 5.32 Å². The normalized spacial score (nSPS) is 26.4. The second kappa shape index (κ2) is 5.72. The molecule has 2 heterocycles. The van der Waals surface area contributed by atoms with E-state index in [0.29, 0.717) is 17.5 Å². The fourth-order valence-electron chi connectivity index (χ4n) is 2.79. The molecule has 1 saturated heterocycles. The second-order valence-electron chi connectivity index (χ2n) is 6.40. The summed E-state index contributed by atoms with van der Waals surface area (Å²) in [6.45, 7) is 12.7. The first-order valence-electron chi connectivity index (χ1n) is 7.00. The van der Waals surface area contributed by atoms with Crippen LogP contribution in [0.2, 0.25) is 0 Å². The molecular weight excluding hydrogens is 240 g/mol. The molecule has 1 aliphatic heterocycles. The fraction of sp³-hybridized carbons (Fsp3) is 0.733. The number of nitrogens with zero attached hydrogens (tertiary/aromatic N) is 1. The van der Waals surface area contributed by atoms with Crippen molar-refractivity contribution in [1.29, 1.82) is 0 Å². The van der Waals surface area contributed by atoms with E-state index in [1.165, 1.54) is 17.8 Å². The van der Waals surface area contributed by atoms with Gasteiger partial charge in [-0.25, -0.2) is 0 Å². The number of rotatable bonds is 3. The summed E-state index contributed by atoms with van der Waals surface area (Å²) in [7, 11) is 0. The summed E-state index contributed by atoms with van der Waals surface area (Å²) < 4.78 is 0. The van der Waals surface area contributed by atoms with Gasteiger partial charge >= 0.3 is 0 Å². The second-order valence-corrected chi connectivity index (χ2v) is 7.44. The van der Waals surface area contributed by atoms with Crippen molar-refractivity contribution in [2.75, 3.05) is 13.1 Å². The number of thiophene rings is 1. The van der Waals surface area contributed by atoms with Crippen molar-refractivity contribution in [2.24, 2.45) is 5.41 Å². The van der Waals surface area contributed by atoms with Crippen LogP contribution in [0.4, 0.5) is 0 Å². The Balaban J connectivity index is 2.09. The zero-order valence-corrected chi connectivity index (χ0v) is 12.9. The zero-order chi connectivity index (χ0) is 13.2. The lowest BCUT2D eigenvalue weighted by Crippen LogP contribution is -2.59. The average Bonchev–Trinajstić information content (AvgIpc) is 2.80. The van der Waals surface area contributed by atoms with Crippen molar-refractivity contribution >= 4 is 11.3 Å².